The van der Waals surface area contributed by atoms with Crippen LogP contribution in [0.15, 0.2) is 52.8 Å². The lowest BCUT2D eigenvalue weighted by molar-refractivity contribution is -0.119. The first-order chi connectivity index (χ1) is 14.8. The molecule has 0 aliphatic carbocycles. The molecular formula is C21H19ClF2N4O2S. The number of fused-ring (bicyclic) bond motifs is 1. The van der Waals surface area contributed by atoms with Gasteiger partial charge in [-0.2, -0.15) is 4.98 Å². The summed E-state index contributed by atoms with van der Waals surface area (Å²) in [5.74, 6) is -3.23. The predicted octanol–water partition coefficient (Wildman–Crippen LogP) is 4.07. The van der Waals surface area contributed by atoms with Gasteiger partial charge in [0.05, 0.1) is 12.1 Å². The van der Waals surface area contributed by atoms with E-state index >= 15 is 0 Å². The van der Waals surface area contributed by atoms with E-state index in [1.54, 1.807) is 11.3 Å². The van der Waals surface area contributed by atoms with Crippen LogP contribution in [0.4, 0.5) is 14.6 Å². The summed E-state index contributed by atoms with van der Waals surface area (Å²) in [6.45, 7) is 0.928. The Balaban J connectivity index is 1.40. The van der Waals surface area contributed by atoms with Crippen LogP contribution in [-0.4, -0.2) is 33.0 Å². The number of ether oxygens (including phenoxy) is 1. The maximum atomic E-state index is 14.8. The summed E-state index contributed by atoms with van der Waals surface area (Å²) in [6.07, 6.45) is -1.74. The minimum absolute atomic E-state index is 0.0216. The van der Waals surface area contributed by atoms with Gasteiger partial charge in [-0.05, 0) is 40.8 Å². The number of benzene rings is 1. The molecule has 2 N–H and O–H groups in total. The number of hydrogen-bond donors (Lipinski definition) is 1. The Labute approximate surface area is 185 Å². The zero-order valence-corrected chi connectivity index (χ0v) is 17.8. The van der Waals surface area contributed by atoms with Gasteiger partial charge in [0.25, 0.3) is 5.92 Å². The van der Waals surface area contributed by atoms with Gasteiger partial charge in [-0.3, -0.25) is 9.47 Å². The predicted molar refractivity (Wildman–Crippen MR) is 114 cm³/mol. The molecule has 10 heteroatoms. The highest BCUT2D eigenvalue weighted by Gasteiger charge is 2.52. The number of thiophene rings is 1. The lowest BCUT2D eigenvalue weighted by atomic mass is 10.0. The Hall–Kier alpha value is -2.33. The van der Waals surface area contributed by atoms with Crippen molar-refractivity contribution in [3.05, 3.63) is 79.5 Å². The van der Waals surface area contributed by atoms with Crippen LogP contribution in [0.1, 0.15) is 34.7 Å². The number of anilines is 1. The van der Waals surface area contributed by atoms with Gasteiger partial charge in [-0.25, -0.2) is 13.6 Å². The molecule has 0 amide bonds. The summed E-state index contributed by atoms with van der Waals surface area (Å²) in [4.78, 5) is 18.9. The molecule has 0 spiro atoms. The van der Waals surface area contributed by atoms with Gasteiger partial charge < -0.3 is 10.5 Å². The third-order valence-electron chi connectivity index (χ3n) is 5.66. The first-order valence-corrected chi connectivity index (χ1v) is 11.0. The number of alkyl halides is 2. The number of halogens is 3. The summed E-state index contributed by atoms with van der Waals surface area (Å²) in [7, 11) is 0. The fourth-order valence-electron chi connectivity index (χ4n) is 4.38. The molecule has 2 aromatic heterocycles. The molecule has 0 radical (unpaired) electrons. The van der Waals surface area contributed by atoms with Crippen molar-refractivity contribution in [2.75, 3.05) is 12.3 Å². The topological polar surface area (TPSA) is 73.4 Å². The minimum atomic E-state index is -3.21. The second kappa shape index (κ2) is 7.67. The number of hydrogen-bond acceptors (Lipinski definition) is 6. The van der Waals surface area contributed by atoms with Crippen molar-refractivity contribution >= 4 is 28.8 Å². The minimum Gasteiger partial charge on any atom is -0.383 e. The van der Waals surface area contributed by atoms with Gasteiger partial charge in [0, 0.05) is 35.6 Å². The molecule has 6 nitrogen and oxygen atoms in total. The lowest BCUT2D eigenvalue weighted by Gasteiger charge is -2.28. The van der Waals surface area contributed by atoms with Crippen LogP contribution in [0.3, 0.4) is 0 Å². The van der Waals surface area contributed by atoms with E-state index in [1.165, 1.54) is 22.7 Å². The molecule has 1 aromatic carbocycles. The van der Waals surface area contributed by atoms with Crippen LogP contribution in [0.25, 0.3) is 0 Å². The molecule has 5 rings (SSSR count). The van der Waals surface area contributed by atoms with E-state index in [0.717, 1.165) is 10.1 Å². The number of nitrogens with zero attached hydrogens (tertiary/aromatic N) is 3. The molecule has 1 unspecified atom stereocenters. The highest BCUT2D eigenvalue weighted by Crippen LogP contribution is 2.46. The Morgan fingerprint density at radius 3 is 2.94 bits per heavy atom. The van der Waals surface area contributed by atoms with Crippen molar-refractivity contribution < 1.29 is 13.5 Å². The van der Waals surface area contributed by atoms with Crippen LogP contribution >= 0.6 is 22.9 Å². The molecule has 31 heavy (non-hydrogen) atoms. The largest absolute Gasteiger partial charge is 0.383 e. The van der Waals surface area contributed by atoms with Gasteiger partial charge >= 0.3 is 5.69 Å². The van der Waals surface area contributed by atoms with Crippen LogP contribution in [0, 0.1) is 0 Å². The average molecular weight is 465 g/mol. The molecule has 2 aliphatic rings. The normalized spacial score (nSPS) is 25.1. The molecule has 2 aliphatic heterocycles. The molecule has 3 atom stereocenters. The Morgan fingerprint density at radius 2 is 2.16 bits per heavy atom. The van der Waals surface area contributed by atoms with E-state index in [-0.39, 0.29) is 11.9 Å². The Kier molecular flexibility index (Phi) is 5.09. The van der Waals surface area contributed by atoms with E-state index < -0.39 is 30.4 Å². The maximum Gasteiger partial charge on any atom is 0.351 e. The van der Waals surface area contributed by atoms with Gasteiger partial charge in [0.15, 0.2) is 0 Å². The number of nitrogens with two attached hydrogens (primary N) is 1. The third kappa shape index (κ3) is 3.76. The molecule has 1 saturated heterocycles. The van der Waals surface area contributed by atoms with Crippen LogP contribution < -0.4 is 11.4 Å². The van der Waals surface area contributed by atoms with Crippen molar-refractivity contribution in [3.8, 4) is 0 Å². The highest BCUT2D eigenvalue weighted by molar-refractivity contribution is 7.10. The van der Waals surface area contributed by atoms with Gasteiger partial charge in [-0.15, -0.1) is 11.3 Å². The Bertz CT molecular complexity index is 1180. The molecular weight excluding hydrogens is 446 g/mol. The highest BCUT2D eigenvalue weighted by atomic mass is 35.5. The maximum absolute atomic E-state index is 14.8. The number of aromatic nitrogens is 2. The lowest BCUT2D eigenvalue weighted by Crippen LogP contribution is -2.35. The van der Waals surface area contributed by atoms with Crippen molar-refractivity contribution in [2.24, 2.45) is 0 Å². The Morgan fingerprint density at radius 1 is 1.32 bits per heavy atom. The molecule has 4 heterocycles. The fourth-order valence-corrected chi connectivity index (χ4v) is 5.66. The molecule has 3 aromatic rings. The quantitative estimate of drug-likeness (QED) is 0.630. The van der Waals surface area contributed by atoms with Gasteiger partial charge in [-0.1, -0.05) is 23.7 Å². The summed E-state index contributed by atoms with van der Waals surface area (Å²) >= 11 is 7.85. The first-order valence-electron chi connectivity index (χ1n) is 9.75. The first kappa shape index (κ1) is 20.6. The smallest absolute Gasteiger partial charge is 0.351 e. The standard InChI is InChI=1S/C21H19ClF2N4O2S/c22-14-3-1-2-12(8-14)17-18-13(5-7-31-18)10-27(17)11-15-9-21(23,24)19(30-15)28-6-4-16(25)26-20(28)29/h1-8,15,17,19H,9-11H2,(H2,25,26,29)/t15-,17?,19+/m0/s1. The van der Waals surface area contributed by atoms with Crippen LogP contribution in [-0.2, 0) is 11.3 Å². The fraction of sp³-hybridized carbons (Fsp3) is 0.333. The molecule has 0 bridgehead atoms. The van der Waals surface area contributed by atoms with E-state index in [0.29, 0.717) is 18.1 Å². The van der Waals surface area contributed by atoms with Crippen molar-refractivity contribution in [2.45, 2.75) is 37.3 Å². The van der Waals surface area contributed by atoms with Crippen LogP contribution in [0.5, 0.6) is 0 Å². The van der Waals surface area contributed by atoms with Crippen molar-refractivity contribution in [1.29, 1.82) is 0 Å². The average Bonchev–Trinajstić information content (AvgIpc) is 3.34. The SMILES string of the molecule is Nc1ccn([C@@H]2O[C@H](CN3Cc4ccsc4C3c3cccc(Cl)c3)CC2(F)F)c(=O)n1. The molecule has 1 fully saturated rings. The van der Waals surface area contributed by atoms with E-state index in [4.69, 9.17) is 22.1 Å². The van der Waals surface area contributed by atoms with Crippen LogP contribution in [0.2, 0.25) is 5.02 Å². The van der Waals surface area contributed by atoms with Gasteiger partial charge in [0.2, 0.25) is 6.23 Å². The summed E-state index contributed by atoms with van der Waals surface area (Å²) in [5, 5.41) is 2.66. The van der Waals surface area contributed by atoms with Gasteiger partial charge in [0.1, 0.15) is 5.82 Å². The zero-order valence-electron chi connectivity index (χ0n) is 16.2. The summed E-state index contributed by atoms with van der Waals surface area (Å²) < 4.78 is 36.1. The summed E-state index contributed by atoms with van der Waals surface area (Å²) in [5.41, 5.74) is 6.80. The van der Waals surface area contributed by atoms with E-state index in [1.807, 2.05) is 29.6 Å². The third-order valence-corrected chi connectivity index (χ3v) is 6.90. The van der Waals surface area contributed by atoms with E-state index in [2.05, 4.69) is 16.0 Å². The zero-order chi connectivity index (χ0) is 21.8. The second-order valence-electron chi connectivity index (χ2n) is 7.81. The van der Waals surface area contributed by atoms with E-state index in [9.17, 15) is 13.6 Å². The monoisotopic (exact) mass is 464 g/mol. The molecule has 162 valence electrons. The second-order valence-corrected chi connectivity index (χ2v) is 9.20. The summed E-state index contributed by atoms with van der Waals surface area (Å²) in [6, 6.07) is 10.9. The number of rotatable bonds is 4. The number of nitrogen functional groups attached to an aromatic ring is 1. The van der Waals surface area contributed by atoms with Crippen molar-refractivity contribution in [3.63, 3.8) is 0 Å². The molecule has 0 saturated carbocycles. The van der Waals surface area contributed by atoms with Crippen molar-refractivity contribution in [1.82, 2.24) is 14.5 Å².